The van der Waals surface area contributed by atoms with E-state index in [1.54, 1.807) is 17.0 Å². The quantitative estimate of drug-likeness (QED) is 0.855. The van der Waals surface area contributed by atoms with Crippen molar-refractivity contribution in [2.45, 2.75) is 47.8 Å². The lowest BCUT2D eigenvalue weighted by Gasteiger charge is -2.32. The van der Waals surface area contributed by atoms with Crippen LogP contribution in [0.25, 0.3) is 0 Å². The maximum atomic E-state index is 13.2. The molecule has 2 N–H and O–H groups in total. The highest BCUT2D eigenvalue weighted by atomic mass is 35.5. The maximum Gasteiger partial charge on any atom is 0.244 e. The van der Waals surface area contributed by atoms with Crippen LogP contribution in [0, 0.1) is 0 Å². The molecule has 0 aromatic heterocycles. The van der Waals surface area contributed by atoms with Gasteiger partial charge in [-0.3, -0.25) is 4.79 Å². The zero-order valence-electron chi connectivity index (χ0n) is 13.3. The standard InChI is InChI=1S/C16H21ClN2O3S.ClH/c17-12-3-5-14(6-4-12)23(21,22)16(8-1-2-9-16)15(20)19-10-7-13(18)11-19;/h3-6,13H,1-2,7-11,18H2;1H. The first-order valence-corrected chi connectivity index (χ1v) is 9.78. The van der Waals surface area contributed by atoms with E-state index in [1.807, 2.05) is 0 Å². The van der Waals surface area contributed by atoms with E-state index in [0.717, 1.165) is 19.3 Å². The van der Waals surface area contributed by atoms with E-state index in [9.17, 15) is 13.2 Å². The number of rotatable bonds is 3. The van der Waals surface area contributed by atoms with Crippen LogP contribution in [0.5, 0.6) is 0 Å². The topological polar surface area (TPSA) is 80.5 Å². The number of hydrogen-bond acceptors (Lipinski definition) is 4. The molecule has 5 nitrogen and oxygen atoms in total. The Kier molecular flexibility index (Phi) is 5.85. The molecule has 134 valence electrons. The molecule has 3 rings (SSSR count). The van der Waals surface area contributed by atoms with E-state index < -0.39 is 14.6 Å². The molecule has 1 heterocycles. The maximum absolute atomic E-state index is 13.2. The fourth-order valence-corrected chi connectivity index (χ4v) is 5.90. The number of carbonyl (C=O) groups excluding carboxylic acids is 1. The summed E-state index contributed by atoms with van der Waals surface area (Å²) in [7, 11) is -3.76. The second-order valence-electron chi connectivity index (χ2n) is 6.46. The minimum absolute atomic E-state index is 0. The third kappa shape index (κ3) is 3.17. The number of amides is 1. The molecule has 1 unspecified atom stereocenters. The third-order valence-electron chi connectivity index (χ3n) is 4.95. The number of likely N-dealkylation sites (tertiary alicyclic amines) is 1. The van der Waals surface area contributed by atoms with Crippen molar-refractivity contribution < 1.29 is 13.2 Å². The highest BCUT2D eigenvalue weighted by Crippen LogP contribution is 2.42. The molecule has 2 fully saturated rings. The van der Waals surface area contributed by atoms with Crippen LogP contribution in [-0.4, -0.2) is 43.1 Å². The molecule has 1 aliphatic carbocycles. The molecule has 1 amide bonds. The molecule has 1 aromatic carbocycles. The summed E-state index contributed by atoms with van der Waals surface area (Å²) in [5.41, 5.74) is 5.88. The summed E-state index contributed by atoms with van der Waals surface area (Å²) >= 11 is 5.85. The smallest absolute Gasteiger partial charge is 0.244 e. The molecule has 1 atom stereocenters. The Morgan fingerprint density at radius 3 is 2.29 bits per heavy atom. The summed E-state index contributed by atoms with van der Waals surface area (Å²) in [6.45, 7) is 0.981. The van der Waals surface area contributed by atoms with Gasteiger partial charge in [0.1, 0.15) is 0 Å². The normalized spacial score (nSPS) is 23.1. The van der Waals surface area contributed by atoms with Crippen LogP contribution in [0.4, 0.5) is 0 Å². The number of hydrogen-bond donors (Lipinski definition) is 1. The van der Waals surface area contributed by atoms with E-state index >= 15 is 0 Å². The van der Waals surface area contributed by atoms with Crippen molar-refractivity contribution in [1.82, 2.24) is 4.90 Å². The monoisotopic (exact) mass is 392 g/mol. The van der Waals surface area contributed by atoms with Gasteiger partial charge in [0.15, 0.2) is 14.6 Å². The molecule has 0 radical (unpaired) electrons. The Morgan fingerprint density at radius 2 is 1.79 bits per heavy atom. The number of halogens is 2. The van der Waals surface area contributed by atoms with E-state index in [2.05, 4.69) is 0 Å². The van der Waals surface area contributed by atoms with Crippen LogP contribution < -0.4 is 5.73 Å². The minimum atomic E-state index is -3.76. The lowest BCUT2D eigenvalue weighted by Crippen LogP contribution is -2.52. The van der Waals surface area contributed by atoms with Crippen LogP contribution in [0.2, 0.25) is 5.02 Å². The Hall–Kier alpha value is -0.820. The largest absolute Gasteiger partial charge is 0.340 e. The van der Waals surface area contributed by atoms with Crippen molar-refractivity contribution in [1.29, 1.82) is 0 Å². The molecular formula is C16H22Cl2N2O3S. The predicted octanol–water partition coefficient (Wildman–Crippen LogP) is 2.41. The first kappa shape index (κ1) is 19.5. The van der Waals surface area contributed by atoms with Gasteiger partial charge in [-0.05, 0) is 43.5 Å². The SMILES string of the molecule is Cl.NC1CCN(C(=O)C2(S(=O)(=O)c3ccc(Cl)cc3)CCCC2)C1. The molecular weight excluding hydrogens is 371 g/mol. The van der Waals surface area contributed by atoms with Gasteiger partial charge in [-0.25, -0.2) is 8.42 Å². The van der Waals surface area contributed by atoms with Gasteiger partial charge in [-0.1, -0.05) is 24.4 Å². The van der Waals surface area contributed by atoms with Gasteiger partial charge >= 0.3 is 0 Å². The Balaban J connectivity index is 0.00000208. The van der Waals surface area contributed by atoms with Crippen molar-refractivity contribution in [2.75, 3.05) is 13.1 Å². The number of nitrogens with two attached hydrogens (primary N) is 1. The van der Waals surface area contributed by atoms with Crippen LogP contribution in [0.3, 0.4) is 0 Å². The second kappa shape index (κ2) is 7.20. The van der Waals surface area contributed by atoms with E-state index in [-0.39, 0.29) is 29.3 Å². The first-order chi connectivity index (χ1) is 10.9. The molecule has 2 aliphatic rings. The molecule has 1 aromatic rings. The Bertz CT molecular complexity index is 701. The molecule has 1 saturated heterocycles. The average molecular weight is 393 g/mol. The van der Waals surface area contributed by atoms with Crippen molar-refractivity contribution in [2.24, 2.45) is 5.73 Å². The zero-order chi connectivity index (χ0) is 16.7. The van der Waals surface area contributed by atoms with Crippen LogP contribution in [0.15, 0.2) is 29.2 Å². The van der Waals surface area contributed by atoms with E-state index in [0.29, 0.717) is 31.0 Å². The fraction of sp³-hybridized carbons (Fsp3) is 0.562. The van der Waals surface area contributed by atoms with Gasteiger partial charge in [0.05, 0.1) is 4.90 Å². The van der Waals surface area contributed by atoms with Crippen LogP contribution in [0.1, 0.15) is 32.1 Å². The molecule has 0 bridgehead atoms. The van der Waals surface area contributed by atoms with Gasteiger partial charge < -0.3 is 10.6 Å². The van der Waals surface area contributed by atoms with Crippen molar-refractivity contribution in [3.63, 3.8) is 0 Å². The summed E-state index contributed by atoms with van der Waals surface area (Å²) in [5, 5.41) is 0.473. The van der Waals surface area contributed by atoms with Gasteiger partial charge in [0, 0.05) is 24.2 Å². The highest BCUT2D eigenvalue weighted by Gasteiger charge is 2.54. The van der Waals surface area contributed by atoms with Crippen LogP contribution >= 0.6 is 24.0 Å². The molecule has 1 saturated carbocycles. The minimum Gasteiger partial charge on any atom is -0.340 e. The second-order valence-corrected chi connectivity index (χ2v) is 9.15. The lowest BCUT2D eigenvalue weighted by molar-refractivity contribution is -0.132. The van der Waals surface area contributed by atoms with Crippen molar-refractivity contribution in [3.8, 4) is 0 Å². The summed E-state index contributed by atoms with van der Waals surface area (Å²) < 4.78 is 25.1. The first-order valence-electron chi connectivity index (χ1n) is 7.92. The fourth-order valence-electron chi connectivity index (χ4n) is 3.64. The summed E-state index contributed by atoms with van der Waals surface area (Å²) in [6, 6.07) is 6.01. The summed E-state index contributed by atoms with van der Waals surface area (Å²) in [4.78, 5) is 14.9. The van der Waals surface area contributed by atoms with Crippen LogP contribution in [-0.2, 0) is 14.6 Å². The average Bonchev–Trinajstić information content (AvgIpc) is 3.17. The third-order valence-corrected chi connectivity index (χ3v) is 7.71. The molecule has 24 heavy (non-hydrogen) atoms. The summed E-state index contributed by atoms with van der Waals surface area (Å²) in [5.74, 6) is -0.280. The summed E-state index contributed by atoms with van der Waals surface area (Å²) in [6.07, 6.45) is 2.98. The Morgan fingerprint density at radius 1 is 1.21 bits per heavy atom. The van der Waals surface area contributed by atoms with Crippen molar-refractivity contribution in [3.05, 3.63) is 29.3 Å². The molecule has 1 aliphatic heterocycles. The van der Waals surface area contributed by atoms with E-state index in [1.165, 1.54) is 12.1 Å². The van der Waals surface area contributed by atoms with Gasteiger partial charge in [-0.2, -0.15) is 0 Å². The Labute approximate surface area is 153 Å². The lowest BCUT2D eigenvalue weighted by atomic mass is 10.1. The number of benzene rings is 1. The van der Waals surface area contributed by atoms with E-state index in [4.69, 9.17) is 17.3 Å². The zero-order valence-corrected chi connectivity index (χ0v) is 15.7. The van der Waals surface area contributed by atoms with Gasteiger partial charge in [0.2, 0.25) is 5.91 Å². The number of carbonyl (C=O) groups is 1. The predicted molar refractivity (Wildman–Crippen MR) is 96.3 cm³/mol. The van der Waals surface area contributed by atoms with Gasteiger partial charge in [-0.15, -0.1) is 12.4 Å². The van der Waals surface area contributed by atoms with Gasteiger partial charge in [0.25, 0.3) is 0 Å². The highest BCUT2D eigenvalue weighted by molar-refractivity contribution is 7.93. The number of sulfone groups is 1. The van der Waals surface area contributed by atoms with Crippen molar-refractivity contribution >= 4 is 39.8 Å². The molecule has 0 spiro atoms. The number of nitrogens with zero attached hydrogens (tertiary/aromatic N) is 1. The molecule has 8 heteroatoms.